The molecule has 1 aromatic carbocycles. The largest absolute Gasteiger partial charge is 0.326 e. The van der Waals surface area contributed by atoms with Gasteiger partial charge >= 0.3 is 0 Å². The number of hydrogen-bond acceptors (Lipinski definition) is 2. The van der Waals surface area contributed by atoms with Crippen LogP contribution in [0.3, 0.4) is 0 Å². The zero-order chi connectivity index (χ0) is 12.5. The summed E-state index contributed by atoms with van der Waals surface area (Å²) in [4.78, 5) is 4.85. The van der Waals surface area contributed by atoms with Crippen LogP contribution in [0.4, 0.5) is 0 Å². The Bertz CT molecular complexity index is 536. The molecule has 96 valence electrons. The molecule has 1 aromatic heterocycles. The number of imidazole rings is 1. The SMILES string of the molecule is CC(C)Cn1c([C@@H]2CCCN2)nc2ccccc21. The first-order chi connectivity index (χ1) is 8.75. The van der Waals surface area contributed by atoms with E-state index in [4.69, 9.17) is 4.98 Å². The quantitative estimate of drug-likeness (QED) is 0.897. The van der Waals surface area contributed by atoms with Crippen LogP contribution in [0.2, 0.25) is 0 Å². The molecule has 1 aliphatic rings. The third-order valence-electron chi connectivity index (χ3n) is 3.60. The summed E-state index contributed by atoms with van der Waals surface area (Å²) in [6, 6.07) is 8.91. The van der Waals surface area contributed by atoms with Gasteiger partial charge in [0.25, 0.3) is 0 Å². The summed E-state index contributed by atoms with van der Waals surface area (Å²) in [6.45, 7) is 6.70. The monoisotopic (exact) mass is 243 g/mol. The van der Waals surface area contributed by atoms with Gasteiger partial charge in [-0.25, -0.2) is 4.98 Å². The van der Waals surface area contributed by atoms with Gasteiger partial charge in [0.1, 0.15) is 5.82 Å². The van der Waals surface area contributed by atoms with E-state index in [-0.39, 0.29) is 0 Å². The van der Waals surface area contributed by atoms with E-state index in [1.165, 1.54) is 24.2 Å². The standard InChI is InChI=1S/C15H21N3/c1-11(2)10-18-14-8-4-3-6-12(14)17-15(18)13-7-5-9-16-13/h3-4,6,8,11,13,16H,5,7,9-10H2,1-2H3/t13-/m0/s1. The third-order valence-corrected chi connectivity index (χ3v) is 3.60. The Balaban J connectivity index is 2.10. The van der Waals surface area contributed by atoms with Gasteiger partial charge in [-0.1, -0.05) is 26.0 Å². The highest BCUT2D eigenvalue weighted by molar-refractivity contribution is 5.76. The maximum atomic E-state index is 4.85. The van der Waals surface area contributed by atoms with Crippen LogP contribution >= 0.6 is 0 Å². The zero-order valence-corrected chi connectivity index (χ0v) is 11.2. The Morgan fingerprint density at radius 3 is 2.94 bits per heavy atom. The average Bonchev–Trinajstić information content (AvgIpc) is 2.96. The fourth-order valence-electron chi connectivity index (χ4n) is 2.82. The summed E-state index contributed by atoms with van der Waals surface area (Å²) in [5.41, 5.74) is 2.40. The summed E-state index contributed by atoms with van der Waals surface area (Å²) < 4.78 is 2.41. The Morgan fingerprint density at radius 2 is 2.22 bits per heavy atom. The second-order valence-corrected chi connectivity index (χ2v) is 5.61. The molecule has 2 heterocycles. The molecule has 18 heavy (non-hydrogen) atoms. The second kappa shape index (κ2) is 4.73. The summed E-state index contributed by atoms with van der Waals surface area (Å²) >= 11 is 0. The van der Waals surface area contributed by atoms with Crippen LogP contribution < -0.4 is 5.32 Å². The summed E-state index contributed by atoms with van der Waals surface area (Å²) in [5.74, 6) is 1.87. The van der Waals surface area contributed by atoms with Crippen LogP contribution in [0.15, 0.2) is 24.3 Å². The van der Waals surface area contributed by atoms with Gasteiger partial charge in [-0.3, -0.25) is 0 Å². The van der Waals surface area contributed by atoms with Crippen molar-refractivity contribution in [3.05, 3.63) is 30.1 Å². The number of para-hydroxylation sites is 2. The van der Waals surface area contributed by atoms with Crippen molar-refractivity contribution in [1.82, 2.24) is 14.9 Å². The van der Waals surface area contributed by atoms with E-state index in [1.54, 1.807) is 0 Å². The van der Waals surface area contributed by atoms with Crippen molar-refractivity contribution in [2.24, 2.45) is 5.92 Å². The van der Waals surface area contributed by atoms with E-state index < -0.39 is 0 Å². The lowest BCUT2D eigenvalue weighted by atomic mass is 10.2. The number of fused-ring (bicyclic) bond motifs is 1. The Hall–Kier alpha value is -1.35. The minimum absolute atomic E-state index is 0.441. The predicted octanol–water partition coefficient (Wildman–Crippen LogP) is 3.12. The highest BCUT2D eigenvalue weighted by Crippen LogP contribution is 2.27. The zero-order valence-electron chi connectivity index (χ0n) is 11.2. The van der Waals surface area contributed by atoms with E-state index in [1.807, 2.05) is 0 Å². The maximum absolute atomic E-state index is 4.85. The molecule has 0 spiro atoms. The average molecular weight is 243 g/mol. The Morgan fingerprint density at radius 1 is 1.39 bits per heavy atom. The van der Waals surface area contributed by atoms with Crippen molar-refractivity contribution in [2.75, 3.05) is 6.54 Å². The molecular weight excluding hydrogens is 222 g/mol. The topological polar surface area (TPSA) is 29.9 Å². The van der Waals surface area contributed by atoms with Crippen LogP contribution in [0.5, 0.6) is 0 Å². The lowest BCUT2D eigenvalue weighted by Gasteiger charge is -2.15. The van der Waals surface area contributed by atoms with Crippen molar-refractivity contribution >= 4 is 11.0 Å². The number of benzene rings is 1. The molecule has 1 N–H and O–H groups in total. The first kappa shape index (κ1) is 11.7. The normalized spacial score (nSPS) is 20.1. The van der Waals surface area contributed by atoms with Crippen LogP contribution in [-0.4, -0.2) is 16.1 Å². The fourth-order valence-corrected chi connectivity index (χ4v) is 2.82. The lowest BCUT2D eigenvalue weighted by molar-refractivity contribution is 0.485. The lowest BCUT2D eigenvalue weighted by Crippen LogP contribution is -2.19. The molecule has 0 saturated carbocycles. The van der Waals surface area contributed by atoms with Crippen LogP contribution in [0.25, 0.3) is 11.0 Å². The number of hydrogen-bond donors (Lipinski definition) is 1. The number of rotatable bonds is 3. The Kier molecular flexibility index (Phi) is 3.08. The summed E-state index contributed by atoms with van der Waals surface area (Å²) in [7, 11) is 0. The fraction of sp³-hybridized carbons (Fsp3) is 0.533. The third kappa shape index (κ3) is 2.03. The molecule has 1 atom stereocenters. The van der Waals surface area contributed by atoms with Crippen molar-refractivity contribution in [3.63, 3.8) is 0 Å². The molecule has 0 bridgehead atoms. The molecule has 0 unspecified atom stereocenters. The van der Waals surface area contributed by atoms with Crippen molar-refractivity contribution in [2.45, 2.75) is 39.3 Å². The molecule has 3 rings (SSSR count). The van der Waals surface area contributed by atoms with Crippen LogP contribution in [0, 0.1) is 5.92 Å². The van der Waals surface area contributed by atoms with E-state index in [2.05, 4.69) is 48.0 Å². The minimum Gasteiger partial charge on any atom is -0.326 e. The van der Waals surface area contributed by atoms with Crippen LogP contribution in [-0.2, 0) is 6.54 Å². The number of aromatic nitrogens is 2. The highest BCUT2D eigenvalue weighted by Gasteiger charge is 2.23. The molecule has 0 amide bonds. The smallest absolute Gasteiger partial charge is 0.127 e. The van der Waals surface area contributed by atoms with Gasteiger partial charge in [-0.05, 0) is 37.4 Å². The molecular formula is C15H21N3. The van der Waals surface area contributed by atoms with Crippen molar-refractivity contribution < 1.29 is 0 Å². The molecule has 1 aliphatic heterocycles. The van der Waals surface area contributed by atoms with Crippen molar-refractivity contribution in [3.8, 4) is 0 Å². The Labute approximate surface area is 108 Å². The number of nitrogens with zero attached hydrogens (tertiary/aromatic N) is 2. The van der Waals surface area contributed by atoms with Gasteiger partial charge in [0, 0.05) is 6.54 Å². The van der Waals surface area contributed by atoms with Gasteiger partial charge < -0.3 is 9.88 Å². The van der Waals surface area contributed by atoms with Gasteiger partial charge in [0.2, 0.25) is 0 Å². The van der Waals surface area contributed by atoms with Gasteiger partial charge in [-0.15, -0.1) is 0 Å². The van der Waals surface area contributed by atoms with E-state index >= 15 is 0 Å². The van der Waals surface area contributed by atoms with Crippen molar-refractivity contribution in [1.29, 1.82) is 0 Å². The van der Waals surface area contributed by atoms with E-state index in [0.717, 1.165) is 18.6 Å². The van der Waals surface area contributed by atoms with E-state index in [9.17, 15) is 0 Å². The van der Waals surface area contributed by atoms with Gasteiger partial charge in [0.15, 0.2) is 0 Å². The molecule has 0 aliphatic carbocycles. The minimum atomic E-state index is 0.441. The van der Waals surface area contributed by atoms with Crippen LogP contribution in [0.1, 0.15) is 38.6 Å². The molecule has 0 radical (unpaired) electrons. The molecule has 3 heteroatoms. The molecule has 3 nitrogen and oxygen atoms in total. The van der Waals surface area contributed by atoms with Gasteiger partial charge in [0.05, 0.1) is 17.1 Å². The molecule has 2 aromatic rings. The highest BCUT2D eigenvalue weighted by atomic mass is 15.1. The number of nitrogens with one attached hydrogen (secondary N) is 1. The summed E-state index contributed by atoms with van der Waals surface area (Å²) in [6.07, 6.45) is 2.47. The molecule has 1 saturated heterocycles. The molecule has 1 fully saturated rings. The van der Waals surface area contributed by atoms with E-state index in [0.29, 0.717) is 12.0 Å². The maximum Gasteiger partial charge on any atom is 0.127 e. The summed E-state index contributed by atoms with van der Waals surface area (Å²) in [5, 5.41) is 3.56. The first-order valence-electron chi connectivity index (χ1n) is 6.94. The predicted molar refractivity (Wildman–Crippen MR) is 74.5 cm³/mol. The first-order valence-corrected chi connectivity index (χ1v) is 6.94. The van der Waals surface area contributed by atoms with Gasteiger partial charge in [-0.2, -0.15) is 0 Å². The second-order valence-electron chi connectivity index (χ2n) is 5.61.